The maximum absolute atomic E-state index is 12.3. The number of benzene rings is 1. The SMILES string of the molecule is O=C1NC(=O)C(N2C(=O)c3ccccc3C2S)C(=O)N1. The van der Waals surface area contributed by atoms with Gasteiger partial charge in [0.1, 0.15) is 5.37 Å². The lowest BCUT2D eigenvalue weighted by Crippen LogP contribution is -2.64. The van der Waals surface area contributed by atoms with Crippen molar-refractivity contribution in [3.05, 3.63) is 35.4 Å². The van der Waals surface area contributed by atoms with Crippen LogP contribution in [0.1, 0.15) is 21.3 Å². The van der Waals surface area contributed by atoms with E-state index in [0.717, 1.165) is 4.90 Å². The van der Waals surface area contributed by atoms with Gasteiger partial charge in [-0.2, -0.15) is 0 Å². The molecule has 1 fully saturated rings. The Morgan fingerprint density at radius 2 is 1.60 bits per heavy atom. The molecular formula is C12H9N3O4S. The molecule has 5 amide bonds. The second kappa shape index (κ2) is 4.34. The van der Waals surface area contributed by atoms with Gasteiger partial charge in [0.15, 0.2) is 6.04 Å². The number of hydrogen-bond acceptors (Lipinski definition) is 5. The molecule has 102 valence electrons. The smallest absolute Gasteiger partial charge is 0.302 e. The maximum atomic E-state index is 12.3. The first-order valence-corrected chi connectivity index (χ1v) is 6.27. The molecular weight excluding hydrogens is 282 g/mol. The van der Waals surface area contributed by atoms with Gasteiger partial charge in [-0.05, 0) is 11.6 Å². The first-order chi connectivity index (χ1) is 9.50. The molecule has 0 bridgehead atoms. The Kier molecular flexibility index (Phi) is 2.75. The van der Waals surface area contributed by atoms with E-state index >= 15 is 0 Å². The van der Waals surface area contributed by atoms with Gasteiger partial charge in [-0.15, -0.1) is 12.6 Å². The number of thiol groups is 1. The average Bonchev–Trinajstić information content (AvgIpc) is 2.64. The molecule has 0 spiro atoms. The molecule has 1 aromatic rings. The third kappa shape index (κ3) is 1.68. The summed E-state index contributed by atoms with van der Waals surface area (Å²) in [6, 6.07) is 4.43. The zero-order valence-electron chi connectivity index (χ0n) is 9.99. The second-order valence-corrected chi connectivity index (χ2v) is 4.87. The Hall–Kier alpha value is -2.35. The summed E-state index contributed by atoms with van der Waals surface area (Å²) in [5.74, 6) is -2.14. The van der Waals surface area contributed by atoms with Crippen LogP contribution in [0.5, 0.6) is 0 Å². The standard InChI is InChI=1S/C12H9N3O4S/c16-8-7(9(17)14-12(19)13-8)15-10(18)5-3-1-2-4-6(5)11(15)20/h1-4,7,11,20H,(H2,13,14,16,17,19). The van der Waals surface area contributed by atoms with Crippen molar-refractivity contribution < 1.29 is 19.2 Å². The topological polar surface area (TPSA) is 95.6 Å². The lowest BCUT2D eigenvalue weighted by molar-refractivity contribution is -0.136. The second-order valence-electron chi connectivity index (χ2n) is 4.38. The van der Waals surface area contributed by atoms with E-state index in [1.165, 1.54) is 0 Å². The summed E-state index contributed by atoms with van der Waals surface area (Å²) in [6.45, 7) is 0. The van der Waals surface area contributed by atoms with Gasteiger partial charge < -0.3 is 4.90 Å². The van der Waals surface area contributed by atoms with Crippen LogP contribution in [-0.4, -0.2) is 34.7 Å². The minimum Gasteiger partial charge on any atom is -0.302 e. The molecule has 1 unspecified atom stereocenters. The molecule has 2 aliphatic rings. The molecule has 2 heterocycles. The lowest BCUT2D eigenvalue weighted by atomic mass is 10.1. The van der Waals surface area contributed by atoms with Crippen LogP contribution in [0, 0.1) is 0 Å². The minimum atomic E-state index is -1.41. The molecule has 0 aliphatic carbocycles. The van der Waals surface area contributed by atoms with E-state index in [4.69, 9.17) is 0 Å². The molecule has 7 nitrogen and oxygen atoms in total. The van der Waals surface area contributed by atoms with Crippen LogP contribution in [-0.2, 0) is 9.59 Å². The molecule has 2 N–H and O–H groups in total. The monoisotopic (exact) mass is 291 g/mol. The minimum absolute atomic E-state index is 0.394. The first kappa shape index (κ1) is 12.7. The summed E-state index contributed by atoms with van der Waals surface area (Å²) in [5, 5.41) is 3.22. The lowest BCUT2D eigenvalue weighted by Gasteiger charge is -2.31. The van der Waals surface area contributed by atoms with E-state index in [0.29, 0.717) is 11.1 Å². The van der Waals surface area contributed by atoms with Gasteiger partial charge in [-0.25, -0.2) is 4.79 Å². The number of nitrogens with zero attached hydrogens (tertiary/aromatic N) is 1. The predicted molar refractivity (Wildman–Crippen MR) is 69.8 cm³/mol. The molecule has 20 heavy (non-hydrogen) atoms. The van der Waals surface area contributed by atoms with Gasteiger partial charge in [0.25, 0.3) is 17.7 Å². The van der Waals surface area contributed by atoms with Gasteiger partial charge in [0, 0.05) is 5.56 Å². The Morgan fingerprint density at radius 3 is 2.20 bits per heavy atom. The van der Waals surface area contributed by atoms with Crippen molar-refractivity contribution in [2.24, 2.45) is 0 Å². The van der Waals surface area contributed by atoms with Gasteiger partial charge in [-0.3, -0.25) is 25.0 Å². The fourth-order valence-electron chi connectivity index (χ4n) is 2.34. The van der Waals surface area contributed by atoms with Crippen LogP contribution in [0.25, 0.3) is 0 Å². The van der Waals surface area contributed by atoms with Crippen molar-refractivity contribution in [1.29, 1.82) is 0 Å². The number of urea groups is 1. The fourth-order valence-corrected chi connectivity index (χ4v) is 2.80. The van der Waals surface area contributed by atoms with Crippen LogP contribution in [0.3, 0.4) is 0 Å². The Bertz CT molecular complexity index is 640. The van der Waals surface area contributed by atoms with Crippen LogP contribution in [0.4, 0.5) is 4.79 Å². The van der Waals surface area contributed by atoms with Crippen LogP contribution in [0.15, 0.2) is 24.3 Å². The number of barbiturate groups is 1. The van der Waals surface area contributed by atoms with Crippen molar-refractivity contribution in [3.8, 4) is 0 Å². The number of hydrogen-bond donors (Lipinski definition) is 3. The highest BCUT2D eigenvalue weighted by Gasteiger charge is 2.47. The van der Waals surface area contributed by atoms with E-state index in [1.807, 2.05) is 10.6 Å². The molecule has 3 rings (SSSR count). The fraction of sp³-hybridized carbons (Fsp3) is 0.167. The van der Waals surface area contributed by atoms with Crippen LogP contribution >= 0.6 is 12.6 Å². The quantitative estimate of drug-likeness (QED) is 0.493. The largest absolute Gasteiger partial charge is 0.328 e. The van der Waals surface area contributed by atoms with Crippen LogP contribution < -0.4 is 10.6 Å². The summed E-state index contributed by atoms with van der Waals surface area (Å²) in [7, 11) is 0. The number of nitrogens with one attached hydrogen (secondary N) is 2. The van der Waals surface area contributed by atoms with Crippen molar-refractivity contribution >= 4 is 36.4 Å². The number of fused-ring (bicyclic) bond motifs is 1. The number of imide groups is 2. The highest BCUT2D eigenvalue weighted by atomic mass is 32.1. The molecule has 8 heteroatoms. The van der Waals surface area contributed by atoms with Crippen molar-refractivity contribution in [2.75, 3.05) is 0 Å². The average molecular weight is 291 g/mol. The number of amides is 5. The highest BCUT2D eigenvalue weighted by Crippen LogP contribution is 2.37. The predicted octanol–water partition coefficient (Wildman–Crippen LogP) is -0.195. The Balaban J connectivity index is 2.00. The van der Waals surface area contributed by atoms with E-state index in [9.17, 15) is 19.2 Å². The zero-order valence-corrected chi connectivity index (χ0v) is 10.9. The van der Waals surface area contributed by atoms with Gasteiger partial charge in [0.05, 0.1) is 0 Å². The Labute approximate surface area is 118 Å². The third-order valence-corrected chi connectivity index (χ3v) is 3.74. The highest BCUT2D eigenvalue weighted by molar-refractivity contribution is 7.80. The number of carbonyl (C=O) groups excluding carboxylic acids is 4. The Morgan fingerprint density at radius 1 is 1.00 bits per heavy atom. The molecule has 0 saturated carbocycles. The molecule has 1 aromatic carbocycles. The van der Waals surface area contributed by atoms with E-state index in [-0.39, 0.29) is 0 Å². The summed E-state index contributed by atoms with van der Waals surface area (Å²) >= 11 is 4.30. The van der Waals surface area contributed by atoms with Crippen molar-refractivity contribution in [3.63, 3.8) is 0 Å². The zero-order chi connectivity index (χ0) is 14.4. The molecule has 1 saturated heterocycles. The van der Waals surface area contributed by atoms with Crippen molar-refractivity contribution in [1.82, 2.24) is 15.5 Å². The van der Waals surface area contributed by atoms with Gasteiger partial charge in [-0.1, -0.05) is 18.2 Å². The van der Waals surface area contributed by atoms with E-state index < -0.39 is 35.2 Å². The number of carbonyl (C=O) groups is 4. The maximum Gasteiger partial charge on any atom is 0.328 e. The summed E-state index contributed by atoms with van der Waals surface area (Å²) in [6.07, 6.45) is 0. The summed E-state index contributed by atoms with van der Waals surface area (Å²) in [5.41, 5.74) is 1.02. The summed E-state index contributed by atoms with van der Waals surface area (Å²) in [4.78, 5) is 48.1. The van der Waals surface area contributed by atoms with Crippen molar-refractivity contribution in [2.45, 2.75) is 11.4 Å². The van der Waals surface area contributed by atoms with Gasteiger partial charge in [0.2, 0.25) is 0 Å². The van der Waals surface area contributed by atoms with Crippen LogP contribution in [0.2, 0.25) is 0 Å². The molecule has 0 aromatic heterocycles. The van der Waals surface area contributed by atoms with Gasteiger partial charge >= 0.3 is 6.03 Å². The van der Waals surface area contributed by atoms with E-state index in [1.54, 1.807) is 24.3 Å². The first-order valence-electron chi connectivity index (χ1n) is 5.76. The third-order valence-electron chi connectivity index (χ3n) is 3.22. The number of rotatable bonds is 1. The van der Waals surface area contributed by atoms with E-state index in [2.05, 4.69) is 12.6 Å². The molecule has 1 atom stereocenters. The molecule has 2 aliphatic heterocycles. The summed E-state index contributed by atoms with van der Waals surface area (Å²) < 4.78 is 0. The normalized spacial score (nSPS) is 22.6. The molecule has 0 radical (unpaired) electrons.